The molecule has 0 aromatic heterocycles. The van der Waals surface area contributed by atoms with Gasteiger partial charge < -0.3 is 15.2 Å². The molecule has 0 spiro atoms. The van der Waals surface area contributed by atoms with Gasteiger partial charge in [-0.15, -0.1) is 0 Å². The zero-order valence-corrected chi connectivity index (χ0v) is 7.79. The van der Waals surface area contributed by atoms with E-state index in [4.69, 9.17) is 15.2 Å². The van der Waals surface area contributed by atoms with E-state index in [0.717, 1.165) is 32.7 Å². The van der Waals surface area contributed by atoms with E-state index in [1.807, 2.05) is 6.92 Å². The van der Waals surface area contributed by atoms with Gasteiger partial charge in [-0.3, -0.25) is 0 Å². The maximum Gasteiger partial charge on any atom is 0.0614 e. The normalized spacial score (nSPS) is 22.5. The third kappa shape index (κ3) is 4.04. The van der Waals surface area contributed by atoms with Crippen LogP contribution in [0.15, 0.2) is 0 Å². The van der Waals surface area contributed by atoms with Crippen molar-refractivity contribution in [3.63, 3.8) is 0 Å². The molecule has 1 saturated heterocycles. The highest BCUT2D eigenvalue weighted by molar-refractivity contribution is 4.62. The molecule has 1 atom stereocenters. The summed E-state index contributed by atoms with van der Waals surface area (Å²) < 4.78 is 10.7. The lowest BCUT2D eigenvalue weighted by Crippen LogP contribution is -2.26. The van der Waals surface area contributed by atoms with E-state index in [1.54, 1.807) is 0 Å². The lowest BCUT2D eigenvalue weighted by molar-refractivity contribution is 0.0184. The molecule has 0 amide bonds. The third-order valence-corrected chi connectivity index (χ3v) is 2.08. The molecule has 0 aromatic rings. The molecule has 12 heavy (non-hydrogen) atoms. The highest BCUT2D eigenvalue weighted by Crippen LogP contribution is 2.14. The van der Waals surface area contributed by atoms with Gasteiger partial charge in [0, 0.05) is 25.9 Å². The summed E-state index contributed by atoms with van der Waals surface area (Å²) in [5.74, 6) is 0.692. The predicted molar refractivity (Wildman–Crippen MR) is 48.0 cm³/mol. The Morgan fingerprint density at radius 3 is 2.75 bits per heavy atom. The van der Waals surface area contributed by atoms with Gasteiger partial charge in [-0.2, -0.15) is 0 Å². The average molecular weight is 173 g/mol. The van der Waals surface area contributed by atoms with Crippen LogP contribution in [0.25, 0.3) is 0 Å². The number of hydrogen-bond acceptors (Lipinski definition) is 3. The Labute approximate surface area is 74.2 Å². The van der Waals surface area contributed by atoms with Crippen molar-refractivity contribution in [1.29, 1.82) is 0 Å². The summed E-state index contributed by atoms with van der Waals surface area (Å²) in [7, 11) is 0. The highest BCUT2D eigenvalue weighted by Gasteiger charge is 2.13. The Morgan fingerprint density at radius 1 is 1.50 bits per heavy atom. The van der Waals surface area contributed by atoms with Crippen LogP contribution in [-0.2, 0) is 9.47 Å². The van der Waals surface area contributed by atoms with Gasteiger partial charge in [-0.1, -0.05) is 0 Å². The van der Waals surface area contributed by atoms with Crippen molar-refractivity contribution in [3.05, 3.63) is 0 Å². The Balaban J connectivity index is 1.98. The topological polar surface area (TPSA) is 44.5 Å². The van der Waals surface area contributed by atoms with Crippen LogP contribution in [-0.4, -0.2) is 32.5 Å². The van der Waals surface area contributed by atoms with E-state index >= 15 is 0 Å². The molecule has 1 aliphatic rings. The maximum atomic E-state index is 5.56. The molecule has 1 fully saturated rings. The van der Waals surface area contributed by atoms with Crippen LogP contribution in [0, 0.1) is 5.92 Å². The van der Waals surface area contributed by atoms with Gasteiger partial charge in [-0.05, 0) is 25.7 Å². The molecule has 3 nitrogen and oxygen atoms in total. The Kier molecular flexibility index (Phi) is 4.58. The van der Waals surface area contributed by atoms with Gasteiger partial charge >= 0.3 is 0 Å². The van der Waals surface area contributed by atoms with Crippen LogP contribution in [0.3, 0.4) is 0 Å². The molecule has 1 unspecified atom stereocenters. The Morgan fingerprint density at radius 2 is 2.17 bits per heavy atom. The third-order valence-electron chi connectivity index (χ3n) is 2.08. The van der Waals surface area contributed by atoms with Gasteiger partial charge in [0.15, 0.2) is 0 Å². The second kappa shape index (κ2) is 5.51. The molecule has 1 heterocycles. The second-order valence-corrected chi connectivity index (χ2v) is 3.57. The number of ether oxygens (including phenoxy) is 2. The SMILES string of the molecule is CC(N)COCC1CCOCC1. The van der Waals surface area contributed by atoms with E-state index in [1.165, 1.54) is 0 Å². The fourth-order valence-electron chi connectivity index (χ4n) is 1.33. The van der Waals surface area contributed by atoms with Gasteiger partial charge in [0.05, 0.1) is 6.61 Å². The van der Waals surface area contributed by atoms with E-state index in [-0.39, 0.29) is 6.04 Å². The summed E-state index contributed by atoms with van der Waals surface area (Å²) in [5.41, 5.74) is 5.56. The zero-order chi connectivity index (χ0) is 8.81. The summed E-state index contributed by atoms with van der Waals surface area (Å²) in [6.45, 7) is 5.28. The number of nitrogens with two attached hydrogens (primary N) is 1. The fourth-order valence-corrected chi connectivity index (χ4v) is 1.33. The Hall–Kier alpha value is -0.120. The van der Waals surface area contributed by atoms with Crippen molar-refractivity contribution < 1.29 is 9.47 Å². The second-order valence-electron chi connectivity index (χ2n) is 3.57. The summed E-state index contributed by atoms with van der Waals surface area (Å²) in [5, 5.41) is 0. The molecule has 0 aromatic carbocycles. The summed E-state index contributed by atoms with van der Waals surface area (Å²) >= 11 is 0. The van der Waals surface area contributed by atoms with Crippen molar-refractivity contribution in [1.82, 2.24) is 0 Å². The standard InChI is InChI=1S/C9H19NO2/c1-8(10)6-12-7-9-2-4-11-5-3-9/h8-9H,2-7,10H2,1H3. The molecular formula is C9H19NO2. The average Bonchev–Trinajstić information content (AvgIpc) is 2.05. The first-order chi connectivity index (χ1) is 5.79. The van der Waals surface area contributed by atoms with E-state index in [0.29, 0.717) is 12.5 Å². The summed E-state index contributed by atoms with van der Waals surface area (Å²) in [6.07, 6.45) is 2.28. The van der Waals surface area contributed by atoms with Crippen LogP contribution in [0.4, 0.5) is 0 Å². The highest BCUT2D eigenvalue weighted by atomic mass is 16.5. The smallest absolute Gasteiger partial charge is 0.0614 e. The molecule has 2 N–H and O–H groups in total. The van der Waals surface area contributed by atoms with Crippen LogP contribution < -0.4 is 5.73 Å². The molecule has 3 heteroatoms. The van der Waals surface area contributed by atoms with Crippen LogP contribution in [0.5, 0.6) is 0 Å². The van der Waals surface area contributed by atoms with Crippen molar-refractivity contribution in [3.8, 4) is 0 Å². The van der Waals surface area contributed by atoms with E-state index < -0.39 is 0 Å². The van der Waals surface area contributed by atoms with Crippen LogP contribution >= 0.6 is 0 Å². The minimum absolute atomic E-state index is 0.157. The Bertz CT molecular complexity index is 111. The monoisotopic (exact) mass is 173 g/mol. The van der Waals surface area contributed by atoms with Crippen molar-refractivity contribution >= 4 is 0 Å². The van der Waals surface area contributed by atoms with Gasteiger partial charge in [0.2, 0.25) is 0 Å². The van der Waals surface area contributed by atoms with Gasteiger partial charge in [-0.25, -0.2) is 0 Å². The maximum absolute atomic E-state index is 5.56. The fraction of sp³-hybridized carbons (Fsp3) is 1.00. The molecule has 0 aliphatic carbocycles. The molecule has 0 radical (unpaired) electrons. The molecule has 72 valence electrons. The molecule has 0 bridgehead atoms. The minimum atomic E-state index is 0.157. The minimum Gasteiger partial charge on any atom is -0.381 e. The first-order valence-electron chi connectivity index (χ1n) is 4.70. The first kappa shape index (κ1) is 9.96. The predicted octanol–water partition coefficient (Wildman–Crippen LogP) is 0.777. The van der Waals surface area contributed by atoms with Gasteiger partial charge in [0.25, 0.3) is 0 Å². The summed E-state index contributed by atoms with van der Waals surface area (Å²) in [4.78, 5) is 0. The first-order valence-corrected chi connectivity index (χ1v) is 4.70. The molecular weight excluding hydrogens is 154 g/mol. The van der Waals surface area contributed by atoms with Crippen LogP contribution in [0.2, 0.25) is 0 Å². The van der Waals surface area contributed by atoms with Gasteiger partial charge in [0.1, 0.15) is 0 Å². The largest absolute Gasteiger partial charge is 0.381 e. The van der Waals surface area contributed by atoms with Crippen LogP contribution in [0.1, 0.15) is 19.8 Å². The lowest BCUT2D eigenvalue weighted by Gasteiger charge is -2.22. The molecule has 0 saturated carbocycles. The molecule has 1 rings (SSSR count). The summed E-state index contributed by atoms with van der Waals surface area (Å²) in [6, 6.07) is 0.157. The van der Waals surface area contributed by atoms with E-state index in [2.05, 4.69) is 0 Å². The zero-order valence-electron chi connectivity index (χ0n) is 7.79. The van der Waals surface area contributed by atoms with Crippen molar-refractivity contribution in [2.45, 2.75) is 25.8 Å². The quantitative estimate of drug-likeness (QED) is 0.683. The number of rotatable bonds is 4. The van der Waals surface area contributed by atoms with Crippen molar-refractivity contribution in [2.24, 2.45) is 11.7 Å². The molecule has 1 aliphatic heterocycles. The van der Waals surface area contributed by atoms with Crippen molar-refractivity contribution in [2.75, 3.05) is 26.4 Å². The number of hydrogen-bond donors (Lipinski definition) is 1. The lowest BCUT2D eigenvalue weighted by atomic mass is 10.0. The van der Waals surface area contributed by atoms with E-state index in [9.17, 15) is 0 Å².